The molecule has 0 spiro atoms. The average Bonchev–Trinajstić information content (AvgIpc) is 2.52. The lowest BCUT2D eigenvalue weighted by atomic mass is 9.98. The highest BCUT2D eigenvalue weighted by Crippen LogP contribution is 2.30. The zero-order valence-electron chi connectivity index (χ0n) is 12.6. The molecule has 0 aliphatic carbocycles. The standard InChI is InChI=1S/C15H14BrF3O4/c1-4-22-6-8(15(21)23-5-2)14(20)9-7(3)11(17)13(19)10(16)12(9)18/h6H,4-5H2,1-3H3/b8-6-. The van der Waals surface area contributed by atoms with E-state index in [1.807, 2.05) is 0 Å². The van der Waals surface area contributed by atoms with Crippen LogP contribution in [0.4, 0.5) is 13.2 Å². The van der Waals surface area contributed by atoms with Crippen LogP contribution in [-0.4, -0.2) is 25.0 Å². The van der Waals surface area contributed by atoms with Gasteiger partial charge >= 0.3 is 5.97 Å². The Labute approximate surface area is 139 Å². The van der Waals surface area contributed by atoms with Crippen LogP contribution in [-0.2, 0) is 14.3 Å². The molecule has 0 aliphatic heterocycles. The normalized spacial score (nSPS) is 11.3. The number of Topliss-reactive ketones (excluding diaryl/α,β-unsaturated/α-hetero) is 1. The van der Waals surface area contributed by atoms with Crippen LogP contribution < -0.4 is 0 Å². The lowest BCUT2D eigenvalue weighted by Gasteiger charge is -2.12. The van der Waals surface area contributed by atoms with Gasteiger partial charge in [0.1, 0.15) is 11.8 Å². The van der Waals surface area contributed by atoms with Crippen molar-refractivity contribution in [3.8, 4) is 0 Å². The van der Waals surface area contributed by atoms with Crippen LogP contribution in [0.15, 0.2) is 16.3 Å². The van der Waals surface area contributed by atoms with Crippen molar-refractivity contribution in [2.24, 2.45) is 0 Å². The van der Waals surface area contributed by atoms with Crippen LogP contribution in [0.2, 0.25) is 0 Å². The number of hydrogen-bond acceptors (Lipinski definition) is 4. The Morgan fingerprint density at radius 2 is 1.70 bits per heavy atom. The number of hydrogen-bond donors (Lipinski definition) is 0. The maximum absolute atomic E-state index is 14.2. The number of benzene rings is 1. The molecule has 0 saturated carbocycles. The number of ketones is 1. The van der Waals surface area contributed by atoms with Crippen molar-refractivity contribution < 1.29 is 32.2 Å². The first-order chi connectivity index (χ1) is 10.8. The highest BCUT2D eigenvalue weighted by atomic mass is 79.9. The van der Waals surface area contributed by atoms with Crippen LogP contribution in [0.3, 0.4) is 0 Å². The summed E-state index contributed by atoms with van der Waals surface area (Å²) in [6.45, 7) is 4.26. The molecule has 23 heavy (non-hydrogen) atoms. The Kier molecular flexibility index (Phi) is 6.80. The van der Waals surface area contributed by atoms with Gasteiger partial charge in [-0.25, -0.2) is 18.0 Å². The van der Waals surface area contributed by atoms with Crippen molar-refractivity contribution in [3.63, 3.8) is 0 Å². The molecule has 8 heteroatoms. The van der Waals surface area contributed by atoms with Crippen molar-refractivity contribution in [1.29, 1.82) is 0 Å². The Morgan fingerprint density at radius 3 is 2.22 bits per heavy atom. The van der Waals surface area contributed by atoms with E-state index in [2.05, 4.69) is 15.9 Å². The predicted octanol–water partition coefficient (Wildman–Crippen LogP) is 3.84. The second-order valence-electron chi connectivity index (χ2n) is 4.29. The monoisotopic (exact) mass is 394 g/mol. The van der Waals surface area contributed by atoms with E-state index in [4.69, 9.17) is 9.47 Å². The third kappa shape index (κ3) is 3.93. The number of carbonyl (C=O) groups excluding carboxylic acids is 2. The van der Waals surface area contributed by atoms with E-state index in [1.165, 1.54) is 6.92 Å². The fourth-order valence-electron chi connectivity index (χ4n) is 1.72. The first-order valence-corrected chi connectivity index (χ1v) is 7.43. The molecule has 1 aromatic carbocycles. The molecule has 0 N–H and O–H groups in total. The Balaban J connectivity index is 3.49. The summed E-state index contributed by atoms with van der Waals surface area (Å²) in [5.41, 5.74) is -1.94. The van der Waals surface area contributed by atoms with Crippen molar-refractivity contribution in [2.75, 3.05) is 13.2 Å². The third-order valence-electron chi connectivity index (χ3n) is 2.84. The Morgan fingerprint density at radius 1 is 1.09 bits per heavy atom. The zero-order valence-corrected chi connectivity index (χ0v) is 14.2. The Hall–Kier alpha value is -1.83. The molecule has 0 fully saturated rings. The van der Waals surface area contributed by atoms with Crippen LogP contribution in [0.5, 0.6) is 0 Å². The van der Waals surface area contributed by atoms with Gasteiger partial charge in [0.2, 0.25) is 5.78 Å². The molecule has 0 heterocycles. The van der Waals surface area contributed by atoms with Crippen LogP contribution in [0.25, 0.3) is 0 Å². The maximum atomic E-state index is 14.2. The molecule has 0 radical (unpaired) electrons. The summed E-state index contributed by atoms with van der Waals surface area (Å²) in [5.74, 6) is -6.36. The highest BCUT2D eigenvalue weighted by Gasteiger charge is 2.30. The third-order valence-corrected chi connectivity index (χ3v) is 3.53. The van der Waals surface area contributed by atoms with Gasteiger partial charge in [-0.05, 0) is 36.7 Å². The molecule has 0 aromatic heterocycles. The quantitative estimate of drug-likeness (QED) is 0.107. The van der Waals surface area contributed by atoms with Gasteiger partial charge < -0.3 is 9.47 Å². The minimum atomic E-state index is -1.46. The molecule has 4 nitrogen and oxygen atoms in total. The summed E-state index contributed by atoms with van der Waals surface area (Å²) < 4.78 is 50.2. The van der Waals surface area contributed by atoms with Crippen LogP contribution in [0, 0.1) is 24.4 Å². The van der Waals surface area contributed by atoms with E-state index in [0.29, 0.717) is 0 Å². The number of esters is 1. The molecule has 1 aromatic rings. The molecule has 0 amide bonds. The van der Waals surface area contributed by atoms with Gasteiger partial charge in [-0.15, -0.1) is 0 Å². The van der Waals surface area contributed by atoms with Gasteiger partial charge in [-0.2, -0.15) is 0 Å². The summed E-state index contributed by atoms with van der Waals surface area (Å²) in [6.07, 6.45) is 0.814. The Bertz CT molecular complexity index is 642. The van der Waals surface area contributed by atoms with E-state index in [9.17, 15) is 22.8 Å². The molecule has 0 atom stereocenters. The minimum absolute atomic E-state index is 0.0292. The van der Waals surface area contributed by atoms with E-state index >= 15 is 0 Å². The first kappa shape index (κ1) is 19.2. The minimum Gasteiger partial charge on any atom is -0.500 e. The van der Waals surface area contributed by atoms with Gasteiger partial charge in [0.05, 0.1) is 23.2 Å². The van der Waals surface area contributed by atoms with Gasteiger partial charge in [-0.3, -0.25) is 4.79 Å². The summed E-state index contributed by atoms with van der Waals surface area (Å²) in [6, 6.07) is 0. The van der Waals surface area contributed by atoms with Crippen molar-refractivity contribution in [3.05, 3.63) is 44.9 Å². The van der Waals surface area contributed by atoms with Crippen molar-refractivity contribution >= 4 is 27.7 Å². The van der Waals surface area contributed by atoms with E-state index in [0.717, 1.165) is 13.2 Å². The highest BCUT2D eigenvalue weighted by molar-refractivity contribution is 9.10. The van der Waals surface area contributed by atoms with Crippen molar-refractivity contribution in [1.82, 2.24) is 0 Å². The van der Waals surface area contributed by atoms with Gasteiger partial charge in [0, 0.05) is 5.56 Å². The van der Waals surface area contributed by atoms with Gasteiger partial charge in [0.15, 0.2) is 17.5 Å². The average molecular weight is 395 g/mol. The summed E-state index contributed by atoms with van der Waals surface area (Å²) in [5, 5.41) is 0. The molecular weight excluding hydrogens is 381 g/mol. The molecule has 126 valence electrons. The van der Waals surface area contributed by atoms with Crippen LogP contribution in [0.1, 0.15) is 29.8 Å². The number of halogens is 4. The lowest BCUT2D eigenvalue weighted by Crippen LogP contribution is -2.20. The fourth-order valence-corrected chi connectivity index (χ4v) is 2.09. The number of carbonyl (C=O) groups is 2. The van der Waals surface area contributed by atoms with Crippen LogP contribution >= 0.6 is 15.9 Å². The number of ether oxygens (including phenoxy) is 2. The zero-order chi connectivity index (χ0) is 17.7. The fraction of sp³-hybridized carbons (Fsp3) is 0.333. The second kappa shape index (κ2) is 8.14. The molecule has 1 rings (SSSR count). The van der Waals surface area contributed by atoms with E-state index < -0.39 is 50.4 Å². The SMILES string of the molecule is CCO/C=C(\C(=O)OCC)C(=O)c1c(C)c(F)c(F)c(Br)c1F. The van der Waals surface area contributed by atoms with E-state index in [1.54, 1.807) is 6.92 Å². The number of rotatable bonds is 6. The molecular formula is C15H14BrF3O4. The topological polar surface area (TPSA) is 52.6 Å². The molecule has 0 saturated heterocycles. The largest absolute Gasteiger partial charge is 0.500 e. The smallest absolute Gasteiger partial charge is 0.345 e. The molecule has 0 bridgehead atoms. The first-order valence-electron chi connectivity index (χ1n) is 6.63. The van der Waals surface area contributed by atoms with Gasteiger partial charge in [-0.1, -0.05) is 0 Å². The summed E-state index contributed by atoms with van der Waals surface area (Å²) in [4.78, 5) is 24.3. The lowest BCUT2D eigenvalue weighted by molar-refractivity contribution is -0.138. The maximum Gasteiger partial charge on any atom is 0.345 e. The second-order valence-corrected chi connectivity index (χ2v) is 5.09. The van der Waals surface area contributed by atoms with Gasteiger partial charge in [0.25, 0.3) is 0 Å². The predicted molar refractivity (Wildman–Crippen MR) is 79.4 cm³/mol. The summed E-state index contributed by atoms with van der Waals surface area (Å²) >= 11 is 2.54. The van der Waals surface area contributed by atoms with Crippen molar-refractivity contribution in [2.45, 2.75) is 20.8 Å². The molecule has 0 aliphatic rings. The molecule has 0 unspecified atom stereocenters. The summed E-state index contributed by atoms with van der Waals surface area (Å²) in [7, 11) is 0. The van der Waals surface area contributed by atoms with E-state index in [-0.39, 0.29) is 13.2 Å².